The van der Waals surface area contributed by atoms with Gasteiger partial charge in [0.2, 0.25) is 0 Å². The van der Waals surface area contributed by atoms with Crippen molar-refractivity contribution in [2.75, 3.05) is 4.90 Å². The molecule has 0 saturated carbocycles. The Labute approximate surface area is 326 Å². The summed E-state index contributed by atoms with van der Waals surface area (Å²) in [6, 6.07) is 27.6. The van der Waals surface area contributed by atoms with Crippen molar-refractivity contribution in [1.82, 2.24) is 0 Å². The zero-order chi connectivity index (χ0) is 37.9. The Morgan fingerprint density at radius 2 is 0.365 bits per heavy atom. The van der Waals surface area contributed by atoms with Gasteiger partial charge in [-0.05, 0) is 69.8 Å². The molecule has 0 fully saturated rings. The largest absolute Gasteiger partial charge is 0.311 e. The van der Waals surface area contributed by atoms with E-state index in [1.807, 2.05) is 0 Å². The van der Waals surface area contributed by atoms with E-state index in [1.54, 1.807) is 0 Å². The van der Waals surface area contributed by atoms with Crippen LogP contribution in [-0.2, 0) is 0 Å². The number of benzene rings is 6. The molecule has 0 radical (unpaired) electrons. The van der Waals surface area contributed by atoms with Crippen LogP contribution in [0.2, 0.25) is 0 Å². The lowest BCUT2D eigenvalue weighted by Gasteiger charge is -2.27. The molecule has 0 heterocycles. The second kappa shape index (κ2) is 14.5. The Balaban J connectivity index is 1.48. The molecule has 0 atom stereocenters. The maximum absolute atomic E-state index is 2.40. The Morgan fingerprint density at radius 1 is 0.212 bits per heavy atom. The summed E-state index contributed by atoms with van der Waals surface area (Å²) in [5, 5.41) is 0. The summed E-state index contributed by atoms with van der Waals surface area (Å²) in [7, 11) is 33.9. The van der Waals surface area contributed by atoms with E-state index in [-0.39, 0.29) is 0 Å². The summed E-state index contributed by atoms with van der Waals surface area (Å²) in [5.41, 5.74) is 32.0. The lowest BCUT2D eigenvalue weighted by Crippen LogP contribution is -2.55. The minimum Gasteiger partial charge on any atom is -0.311 e. The van der Waals surface area contributed by atoms with Crippen molar-refractivity contribution >= 4 is 217 Å². The monoisotopic (exact) mass is 653 g/mol. The van der Waals surface area contributed by atoms with Crippen LogP contribution in [0.15, 0.2) is 72.8 Å². The second-order valence-corrected chi connectivity index (χ2v) is 15.5. The molecule has 0 amide bonds. The first kappa shape index (κ1) is 37.8. The zero-order valence-electron chi connectivity index (χ0n) is 34.4. The third-order valence-electron chi connectivity index (χ3n) is 13.2. The van der Waals surface area contributed by atoms with Crippen molar-refractivity contribution in [1.29, 1.82) is 0 Å². The van der Waals surface area contributed by atoms with Gasteiger partial charge in [0.05, 0.1) is 0 Å². The topological polar surface area (TPSA) is 3.24 Å². The summed E-state index contributed by atoms with van der Waals surface area (Å²) >= 11 is 0. The molecular weight excluding hydrogens is 609 g/mol. The molecule has 6 rings (SSSR count). The van der Waals surface area contributed by atoms with Gasteiger partial charge in [-0.15, -0.1) is 49.2 Å². The van der Waals surface area contributed by atoms with E-state index in [0.717, 1.165) is 17.1 Å². The van der Waals surface area contributed by atoms with Crippen LogP contribution in [0.25, 0.3) is 33.4 Å². The zero-order valence-corrected chi connectivity index (χ0v) is 34.4. The first-order valence-corrected chi connectivity index (χ1v) is 18.9. The highest BCUT2D eigenvalue weighted by Gasteiger charge is 2.19. The fourth-order valence-corrected chi connectivity index (χ4v) is 8.58. The Kier molecular flexibility index (Phi) is 10.5. The highest BCUT2D eigenvalue weighted by atomic mass is 15.1. The molecular formula is C36H42B15N. The van der Waals surface area contributed by atoms with Crippen LogP contribution in [0.4, 0.5) is 17.1 Å². The van der Waals surface area contributed by atoms with Crippen molar-refractivity contribution in [2.45, 2.75) is 0 Å². The summed E-state index contributed by atoms with van der Waals surface area (Å²) in [6.45, 7) is 0. The van der Waals surface area contributed by atoms with Gasteiger partial charge in [0, 0.05) is 17.1 Å². The van der Waals surface area contributed by atoms with Gasteiger partial charge in [-0.2, -0.15) is 0 Å². The van der Waals surface area contributed by atoms with Gasteiger partial charge in [-0.1, -0.05) is 69.2 Å². The predicted molar refractivity (Wildman–Crippen MR) is 280 cm³/mol. The normalized spacial score (nSPS) is 11.1. The molecule has 0 N–H and O–H groups in total. The highest BCUT2D eigenvalue weighted by Crippen LogP contribution is 2.37. The fourth-order valence-electron chi connectivity index (χ4n) is 8.58. The van der Waals surface area contributed by atoms with E-state index >= 15 is 0 Å². The van der Waals surface area contributed by atoms with Crippen LogP contribution in [0.5, 0.6) is 0 Å². The molecule has 0 aliphatic heterocycles. The van der Waals surface area contributed by atoms with Crippen LogP contribution >= 0.6 is 0 Å². The van der Waals surface area contributed by atoms with Crippen LogP contribution in [0.1, 0.15) is 0 Å². The van der Waals surface area contributed by atoms with E-state index in [4.69, 9.17) is 0 Å². The summed E-state index contributed by atoms with van der Waals surface area (Å²) in [4.78, 5) is 2.40. The first-order chi connectivity index (χ1) is 24.6. The number of hydrogen-bond acceptors (Lipinski definition) is 1. The first-order valence-electron chi connectivity index (χ1n) is 18.9. The van der Waals surface area contributed by atoms with Gasteiger partial charge in [0.1, 0.15) is 118 Å². The molecule has 6 aromatic carbocycles. The van der Waals surface area contributed by atoms with Crippen molar-refractivity contribution in [3.63, 3.8) is 0 Å². The minimum absolute atomic E-state index is 1.14. The van der Waals surface area contributed by atoms with Crippen LogP contribution in [0.3, 0.4) is 0 Å². The smallest absolute Gasteiger partial charge is 0.139 e. The molecule has 0 aliphatic carbocycles. The van der Waals surface area contributed by atoms with Crippen molar-refractivity contribution < 1.29 is 0 Å². The minimum atomic E-state index is 1.14. The van der Waals surface area contributed by atoms with E-state index in [1.165, 1.54) is 115 Å². The molecule has 1 nitrogen and oxygen atoms in total. The maximum atomic E-state index is 2.40. The van der Waals surface area contributed by atoms with E-state index in [9.17, 15) is 0 Å². The van der Waals surface area contributed by atoms with Gasteiger partial charge in [0.25, 0.3) is 0 Å². The van der Waals surface area contributed by atoms with E-state index in [0.29, 0.717) is 0 Å². The van der Waals surface area contributed by atoms with Gasteiger partial charge in [0.15, 0.2) is 0 Å². The van der Waals surface area contributed by atoms with E-state index < -0.39 is 0 Å². The number of anilines is 3. The molecule has 0 bridgehead atoms. The lowest BCUT2D eigenvalue weighted by molar-refractivity contribution is 1.28. The van der Waals surface area contributed by atoms with Crippen molar-refractivity contribution in [3.05, 3.63) is 72.8 Å². The molecule has 0 unspecified atom stereocenters. The standard InChI is InChI=1S/C36H42B15N/c37-22-19(23(38)29(44)34(49)28(22)43)13-1-7-16(8-2-13)52(17-9-3-14(4-10-17)20-24(39)30(45)35(50)31(46)25(20)40)18-11-5-15(6-12-18)21-26(41)32(47)36(51)33(48)27(21)42/h1-12H,37-51H2. The third-order valence-corrected chi connectivity index (χ3v) is 13.2. The molecule has 6 aromatic rings. The molecule has 0 spiro atoms. The quantitative estimate of drug-likeness (QED) is 0.162. The second-order valence-electron chi connectivity index (χ2n) is 15.5. The summed E-state index contributed by atoms with van der Waals surface area (Å²) in [5.74, 6) is 0. The Morgan fingerprint density at radius 3 is 0.538 bits per heavy atom. The van der Waals surface area contributed by atoms with Crippen LogP contribution < -0.4 is 86.8 Å². The molecule has 0 aromatic heterocycles. The highest BCUT2D eigenvalue weighted by molar-refractivity contribution is 6.71. The summed E-state index contributed by atoms with van der Waals surface area (Å²) < 4.78 is 0. The summed E-state index contributed by atoms with van der Waals surface area (Å²) in [6.07, 6.45) is 0. The molecule has 0 saturated heterocycles. The Bertz CT molecular complexity index is 2040. The molecule has 16 heteroatoms. The van der Waals surface area contributed by atoms with Gasteiger partial charge in [-0.3, -0.25) is 0 Å². The average molecular weight is 651 g/mol. The Hall–Kier alpha value is -3.91. The van der Waals surface area contributed by atoms with Crippen molar-refractivity contribution in [2.24, 2.45) is 0 Å². The van der Waals surface area contributed by atoms with Gasteiger partial charge in [-0.25, -0.2) is 0 Å². The number of nitrogens with zero attached hydrogens (tertiary/aromatic N) is 1. The lowest BCUT2D eigenvalue weighted by atomic mass is 9.59. The van der Waals surface area contributed by atoms with Crippen LogP contribution in [-0.4, -0.2) is 118 Å². The van der Waals surface area contributed by atoms with Gasteiger partial charge < -0.3 is 4.90 Å². The number of rotatable bonds is 6. The molecule has 52 heavy (non-hydrogen) atoms. The molecule has 0 aliphatic rings. The van der Waals surface area contributed by atoms with Gasteiger partial charge >= 0.3 is 0 Å². The average Bonchev–Trinajstić information content (AvgIpc) is 3.15. The predicted octanol–water partition coefficient (Wildman–Crippen LogP) is -16.0. The van der Waals surface area contributed by atoms with E-state index in [2.05, 4.69) is 195 Å². The maximum Gasteiger partial charge on any atom is 0.139 e. The van der Waals surface area contributed by atoms with Crippen molar-refractivity contribution in [3.8, 4) is 33.4 Å². The third kappa shape index (κ3) is 6.29. The van der Waals surface area contributed by atoms with Crippen LogP contribution in [0, 0.1) is 0 Å². The number of hydrogen-bond donors (Lipinski definition) is 0. The fraction of sp³-hybridized carbons (Fsp3) is 0. The SMILES string of the molecule is Bc1c(B)c(B)c(-c2ccc(N(c3ccc(-c4c(B)c(B)c(B)c(B)c4B)cc3)c3ccc(-c4c(B)c(B)c(B)c(B)c4B)cc3)cc2)c(B)c1B. The molecule has 236 valence electrons.